The first kappa shape index (κ1) is 14.3. The summed E-state index contributed by atoms with van der Waals surface area (Å²) in [6.45, 7) is 4.52. The molecule has 3 heterocycles. The summed E-state index contributed by atoms with van der Waals surface area (Å²) in [7, 11) is 0. The third-order valence-corrected chi connectivity index (χ3v) is 5.75. The largest absolute Gasteiger partial charge is 0.338 e. The van der Waals surface area contributed by atoms with Crippen LogP contribution >= 0.6 is 0 Å². The van der Waals surface area contributed by atoms with Crippen LogP contribution in [0.5, 0.6) is 0 Å². The van der Waals surface area contributed by atoms with Gasteiger partial charge in [0.1, 0.15) is 0 Å². The first-order valence-electron chi connectivity index (χ1n) is 8.71. The lowest BCUT2D eigenvalue weighted by Gasteiger charge is -2.40. The van der Waals surface area contributed by atoms with E-state index in [1.54, 1.807) is 0 Å². The molecule has 4 rings (SSSR count). The molecule has 1 aliphatic carbocycles. The number of nitrogens with zero attached hydrogens (tertiary/aromatic N) is 2. The SMILES string of the molecule is O=C(NC1CC(=O)N(C2CC2)C1)N1CCCC2(CCNC2)C1. The van der Waals surface area contributed by atoms with Gasteiger partial charge in [0.2, 0.25) is 5.91 Å². The van der Waals surface area contributed by atoms with E-state index >= 15 is 0 Å². The molecule has 0 radical (unpaired) electrons. The first-order chi connectivity index (χ1) is 10.7. The second-order valence-corrected chi connectivity index (χ2v) is 7.58. The van der Waals surface area contributed by atoms with Gasteiger partial charge in [-0.3, -0.25) is 4.79 Å². The van der Waals surface area contributed by atoms with Crippen LogP contribution < -0.4 is 10.6 Å². The predicted molar refractivity (Wildman–Crippen MR) is 82.4 cm³/mol. The fraction of sp³-hybridized carbons (Fsp3) is 0.875. The number of likely N-dealkylation sites (tertiary alicyclic amines) is 2. The molecule has 4 fully saturated rings. The Balaban J connectivity index is 1.33. The van der Waals surface area contributed by atoms with Crippen LogP contribution in [0.3, 0.4) is 0 Å². The van der Waals surface area contributed by atoms with Crippen molar-refractivity contribution < 1.29 is 9.59 Å². The average molecular weight is 306 g/mol. The van der Waals surface area contributed by atoms with E-state index in [-0.39, 0.29) is 18.0 Å². The van der Waals surface area contributed by atoms with Crippen LogP contribution in [0.4, 0.5) is 4.79 Å². The third-order valence-electron chi connectivity index (χ3n) is 5.75. The van der Waals surface area contributed by atoms with E-state index in [1.165, 1.54) is 12.8 Å². The Morgan fingerprint density at radius 3 is 2.91 bits per heavy atom. The second kappa shape index (κ2) is 5.41. The quantitative estimate of drug-likeness (QED) is 0.782. The third kappa shape index (κ3) is 2.69. The highest BCUT2D eigenvalue weighted by Gasteiger charge is 2.42. The zero-order chi connectivity index (χ0) is 15.2. The molecule has 122 valence electrons. The number of hydrogen-bond donors (Lipinski definition) is 2. The molecular weight excluding hydrogens is 280 g/mol. The van der Waals surface area contributed by atoms with Crippen LogP contribution in [0.25, 0.3) is 0 Å². The minimum Gasteiger partial charge on any atom is -0.338 e. The molecule has 3 amide bonds. The van der Waals surface area contributed by atoms with Crippen molar-refractivity contribution in [1.29, 1.82) is 0 Å². The van der Waals surface area contributed by atoms with Crippen molar-refractivity contribution in [3.8, 4) is 0 Å². The highest BCUT2D eigenvalue weighted by Crippen LogP contribution is 2.35. The smallest absolute Gasteiger partial charge is 0.317 e. The Bertz CT molecular complexity index is 471. The maximum atomic E-state index is 12.6. The minimum atomic E-state index is 0.000166. The fourth-order valence-electron chi connectivity index (χ4n) is 4.36. The summed E-state index contributed by atoms with van der Waals surface area (Å²) in [6.07, 6.45) is 6.23. The standard InChI is InChI=1S/C16H26N4O2/c21-14-8-12(9-20(14)13-2-3-13)18-15(22)19-7-1-4-16(11-19)5-6-17-10-16/h12-13,17H,1-11H2,(H,18,22). The predicted octanol–water partition coefficient (Wildman–Crippen LogP) is 0.535. The topological polar surface area (TPSA) is 64.7 Å². The number of amides is 3. The van der Waals surface area contributed by atoms with Gasteiger partial charge in [-0.05, 0) is 38.6 Å². The van der Waals surface area contributed by atoms with Gasteiger partial charge in [0.15, 0.2) is 0 Å². The fourth-order valence-corrected chi connectivity index (χ4v) is 4.36. The molecule has 6 nitrogen and oxygen atoms in total. The average Bonchev–Trinajstić information content (AvgIpc) is 3.16. The highest BCUT2D eigenvalue weighted by atomic mass is 16.2. The van der Waals surface area contributed by atoms with Crippen molar-refractivity contribution in [3.05, 3.63) is 0 Å². The lowest BCUT2D eigenvalue weighted by atomic mass is 9.79. The minimum absolute atomic E-state index is 0.000166. The zero-order valence-electron chi connectivity index (χ0n) is 13.1. The van der Waals surface area contributed by atoms with Crippen LogP contribution in [0.15, 0.2) is 0 Å². The number of nitrogens with one attached hydrogen (secondary N) is 2. The molecule has 22 heavy (non-hydrogen) atoms. The molecule has 6 heteroatoms. The van der Waals surface area contributed by atoms with E-state index in [1.807, 2.05) is 9.80 Å². The van der Waals surface area contributed by atoms with Gasteiger partial charge in [0, 0.05) is 44.1 Å². The van der Waals surface area contributed by atoms with Gasteiger partial charge in [0.25, 0.3) is 0 Å². The lowest BCUT2D eigenvalue weighted by molar-refractivity contribution is -0.128. The molecule has 2 atom stereocenters. The Morgan fingerprint density at radius 2 is 2.18 bits per heavy atom. The van der Waals surface area contributed by atoms with Gasteiger partial charge in [0.05, 0.1) is 6.04 Å². The van der Waals surface area contributed by atoms with E-state index in [0.717, 1.165) is 45.4 Å². The van der Waals surface area contributed by atoms with Crippen molar-refractivity contribution in [2.24, 2.45) is 5.41 Å². The number of hydrogen-bond acceptors (Lipinski definition) is 3. The van der Waals surface area contributed by atoms with E-state index in [4.69, 9.17) is 0 Å². The lowest BCUT2D eigenvalue weighted by Crippen LogP contribution is -2.52. The summed E-state index contributed by atoms with van der Waals surface area (Å²) in [5, 5.41) is 6.54. The molecule has 4 aliphatic rings. The molecule has 1 saturated carbocycles. The molecule has 2 unspecified atom stereocenters. The van der Waals surface area contributed by atoms with Crippen LogP contribution in [-0.2, 0) is 4.79 Å². The van der Waals surface area contributed by atoms with Crippen LogP contribution in [-0.4, -0.2) is 66.5 Å². The molecule has 1 spiro atoms. The summed E-state index contributed by atoms with van der Waals surface area (Å²) in [5.74, 6) is 0.211. The summed E-state index contributed by atoms with van der Waals surface area (Å²) in [6, 6.07) is 0.485. The molecule has 2 N–H and O–H groups in total. The van der Waals surface area contributed by atoms with Crippen LogP contribution in [0.2, 0.25) is 0 Å². The number of urea groups is 1. The molecule has 3 saturated heterocycles. The Hall–Kier alpha value is -1.30. The van der Waals surface area contributed by atoms with Gasteiger partial charge in [-0.2, -0.15) is 0 Å². The maximum absolute atomic E-state index is 12.6. The number of rotatable bonds is 2. The van der Waals surface area contributed by atoms with Gasteiger partial charge in [-0.15, -0.1) is 0 Å². The number of carbonyl (C=O) groups excluding carboxylic acids is 2. The number of carbonyl (C=O) groups is 2. The molecule has 0 aromatic heterocycles. The second-order valence-electron chi connectivity index (χ2n) is 7.58. The molecule has 0 aromatic rings. The van der Waals surface area contributed by atoms with Gasteiger partial charge < -0.3 is 20.4 Å². The summed E-state index contributed by atoms with van der Waals surface area (Å²) in [5.41, 5.74) is 0.293. The molecule has 0 bridgehead atoms. The summed E-state index contributed by atoms with van der Waals surface area (Å²) >= 11 is 0. The monoisotopic (exact) mass is 306 g/mol. The number of piperidine rings is 1. The van der Waals surface area contributed by atoms with Gasteiger partial charge in [-0.25, -0.2) is 4.79 Å². The van der Waals surface area contributed by atoms with Crippen LogP contribution in [0, 0.1) is 5.41 Å². The van der Waals surface area contributed by atoms with Crippen molar-refractivity contribution in [2.45, 2.75) is 50.6 Å². The molecular formula is C16H26N4O2. The summed E-state index contributed by atoms with van der Waals surface area (Å²) in [4.78, 5) is 28.5. The Kier molecular flexibility index (Phi) is 3.51. The van der Waals surface area contributed by atoms with E-state index in [0.29, 0.717) is 24.4 Å². The van der Waals surface area contributed by atoms with Gasteiger partial charge in [-0.1, -0.05) is 0 Å². The van der Waals surface area contributed by atoms with Crippen molar-refractivity contribution >= 4 is 11.9 Å². The van der Waals surface area contributed by atoms with Crippen LogP contribution in [0.1, 0.15) is 38.5 Å². The first-order valence-corrected chi connectivity index (χ1v) is 8.71. The maximum Gasteiger partial charge on any atom is 0.317 e. The molecule has 0 aromatic carbocycles. The Labute approximate surface area is 131 Å². The molecule has 3 aliphatic heterocycles. The van der Waals surface area contributed by atoms with E-state index < -0.39 is 0 Å². The van der Waals surface area contributed by atoms with Gasteiger partial charge >= 0.3 is 6.03 Å². The van der Waals surface area contributed by atoms with E-state index in [9.17, 15) is 9.59 Å². The van der Waals surface area contributed by atoms with E-state index in [2.05, 4.69) is 10.6 Å². The Morgan fingerprint density at radius 1 is 1.32 bits per heavy atom. The van der Waals surface area contributed by atoms with Crippen molar-refractivity contribution in [3.63, 3.8) is 0 Å². The highest BCUT2D eigenvalue weighted by molar-refractivity contribution is 5.82. The van der Waals surface area contributed by atoms with Crippen molar-refractivity contribution in [2.75, 3.05) is 32.7 Å². The normalized spacial score (nSPS) is 35.5. The summed E-state index contributed by atoms with van der Waals surface area (Å²) < 4.78 is 0. The zero-order valence-corrected chi connectivity index (χ0v) is 13.1. The van der Waals surface area contributed by atoms with Crippen molar-refractivity contribution in [1.82, 2.24) is 20.4 Å².